The number of thioether (sulfide) groups is 2. The standard InChI is InChI=1S/C12H13N7OS4/c1-19-11(15-17-18-19)22-6-4-9(20)13-10-14-16-12(24-10)23-7-8-3-2-5-21-8/h2-3,5H,4,6-7H2,1H3,(H,13,14,20). The fraction of sp³-hybridized carbons (Fsp3) is 0.333. The van der Waals surface area contributed by atoms with Gasteiger partial charge in [-0.25, -0.2) is 4.68 Å². The predicted molar refractivity (Wildman–Crippen MR) is 96.6 cm³/mol. The molecule has 0 unspecified atom stereocenters. The summed E-state index contributed by atoms with van der Waals surface area (Å²) in [4.78, 5) is 13.2. The van der Waals surface area contributed by atoms with Crippen LogP contribution in [0.4, 0.5) is 5.13 Å². The average molecular weight is 400 g/mol. The zero-order chi connectivity index (χ0) is 16.8. The zero-order valence-corrected chi connectivity index (χ0v) is 15.8. The summed E-state index contributed by atoms with van der Waals surface area (Å²) in [5.41, 5.74) is 0. The van der Waals surface area contributed by atoms with E-state index in [1.165, 1.54) is 28.0 Å². The molecule has 8 nitrogen and oxygen atoms in total. The molecule has 0 atom stereocenters. The molecule has 3 aromatic heterocycles. The minimum atomic E-state index is -0.0939. The molecule has 12 heteroatoms. The first-order chi connectivity index (χ1) is 11.7. The van der Waals surface area contributed by atoms with Crippen LogP contribution < -0.4 is 5.32 Å². The molecule has 126 valence electrons. The van der Waals surface area contributed by atoms with Crippen molar-refractivity contribution in [3.8, 4) is 0 Å². The first-order valence-electron chi connectivity index (χ1n) is 6.84. The molecule has 1 N–H and O–H groups in total. The van der Waals surface area contributed by atoms with Gasteiger partial charge in [-0.15, -0.1) is 26.6 Å². The van der Waals surface area contributed by atoms with E-state index in [-0.39, 0.29) is 5.91 Å². The van der Waals surface area contributed by atoms with Crippen LogP contribution in [0.15, 0.2) is 27.0 Å². The van der Waals surface area contributed by atoms with E-state index in [0.717, 1.165) is 10.1 Å². The lowest BCUT2D eigenvalue weighted by Crippen LogP contribution is -2.12. The summed E-state index contributed by atoms with van der Waals surface area (Å²) in [5.74, 6) is 1.37. The van der Waals surface area contributed by atoms with Crippen molar-refractivity contribution in [2.75, 3.05) is 11.1 Å². The normalized spacial score (nSPS) is 10.9. The SMILES string of the molecule is Cn1nnnc1SCCC(=O)Nc1nnc(SCc2cccs2)s1. The molecular formula is C12H13N7OS4. The molecule has 3 rings (SSSR count). The highest BCUT2D eigenvalue weighted by atomic mass is 32.2. The second-order valence-corrected chi connectivity index (χ2v) is 8.77. The molecule has 1 amide bonds. The molecule has 0 saturated carbocycles. The molecule has 3 heterocycles. The minimum absolute atomic E-state index is 0.0939. The summed E-state index contributed by atoms with van der Waals surface area (Å²) >= 11 is 6.16. The van der Waals surface area contributed by atoms with Crippen LogP contribution in [0.1, 0.15) is 11.3 Å². The van der Waals surface area contributed by atoms with Gasteiger partial charge >= 0.3 is 0 Å². The third-order valence-electron chi connectivity index (χ3n) is 2.71. The van der Waals surface area contributed by atoms with E-state index in [0.29, 0.717) is 22.5 Å². The molecule has 3 aromatic rings. The van der Waals surface area contributed by atoms with Crippen LogP contribution in [0.25, 0.3) is 0 Å². The van der Waals surface area contributed by atoms with Crippen LogP contribution >= 0.6 is 46.2 Å². The van der Waals surface area contributed by atoms with Crippen LogP contribution in [-0.4, -0.2) is 42.1 Å². The Bertz CT molecular complexity index is 785. The summed E-state index contributed by atoms with van der Waals surface area (Å²) in [7, 11) is 1.76. The first kappa shape index (κ1) is 17.3. The zero-order valence-electron chi connectivity index (χ0n) is 12.6. The van der Waals surface area contributed by atoms with Crippen molar-refractivity contribution in [3.05, 3.63) is 22.4 Å². The number of aryl methyl sites for hydroxylation is 1. The number of tetrazole rings is 1. The molecule has 0 radical (unpaired) electrons. The monoisotopic (exact) mass is 399 g/mol. The van der Waals surface area contributed by atoms with Crippen molar-refractivity contribution in [2.24, 2.45) is 7.05 Å². The smallest absolute Gasteiger partial charge is 0.227 e. The largest absolute Gasteiger partial charge is 0.300 e. The van der Waals surface area contributed by atoms with Gasteiger partial charge in [-0.05, 0) is 21.9 Å². The van der Waals surface area contributed by atoms with Gasteiger partial charge in [0.25, 0.3) is 0 Å². The number of aromatic nitrogens is 6. The van der Waals surface area contributed by atoms with Crippen molar-refractivity contribution in [1.82, 2.24) is 30.4 Å². The highest BCUT2D eigenvalue weighted by Gasteiger charge is 2.10. The Balaban J connectivity index is 1.40. The minimum Gasteiger partial charge on any atom is -0.300 e. The van der Waals surface area contributed by atoms with Gasteiger partial charge in [-0.2, -0.15) is 0 Å². The molecule has 0 saturated heterocycles. The highest BCUT2D eigenvalue weighted by molar-refractivity contribution is 8.00. The molecule has 24 heavy (non-hydrogen) atoms. The molecule has 0 aliphatic heterocycles. The molecule has 0 aliphatic rings. The number of thiophene rings is 1. The second-order valence-electron chi connectivity index (χ2n) is 4.47. The highest BCUT2D eigenvalue weighted by Crippen LogP contribution is 2.29. The Hall–Kier alpha value is -1.50. The topological polar surface area (TPSA) is 98.5 Å². The Morgan fingerprint density at radius 3 is 3.00 bits per heavy atom. The number of hydrogen-bond donors (Lipinski definition) is 1. The lowest BCUT2D eigenvalue weighted by atomic mass is 10.5. The van der Waals surface area contributed by atoms with Gasteiger partial charge in [0, 0.05) is 29.9 Å². The summed E-state index contributed by atoms with van der Waals surface area (Å²) in [5, 5.41) is 25.3. The van der Waals surface area contributed by atoms with Crippen molar-refractivity contribution < 1.29 is 4.79 Å². The van der Waals surface area contributed by atoms with Crippen LogP contribution in [0.3, 0.4) is 0 Å². The average Bonchev–Trinajstić information content (AvgIpc) is 3.29. The quantitative estimate of drug-likeness (QED) is 0.456. The first-order valence-corrected chi connectivity index (χ1v) is 10.5. The number of nitrogens with zero attached hydrogens (tertiary/aromatic N) is 6. The van der Waals surface area contributed by atoms with E-state index in [1.54, 1.807) is 34.8 Å². The second kappa shape index (κ2) is 8.55. The van der Waals surface area contributed by atoms with Gasteiger partial charge in [0.05, 0.1) is 0 Å². The summed E-state index contributed by atoms with van der Waals surface area (Å²) in [6, 6.07) is 4.12. The third-order valence-corrected chi connectivity index (χ3v) is 6.80. The molecule has 0 spiro atoms. The predicted octanol–water partition coefficient (Wildman–Crippen LogP) is 2.54. The van der Waals surface area contributed by atoms with Gasteiger partial charge in [0.15, 0.2) is 4.34 Å². The molecule has 0 aromatic carbocycles. The number of rotatable bonds is 8. The Labute approximate surface area is 154 Å². The van der Waals surface area contributed by atoms with Gasteiger partial charge < -0.3 is 5.32 Å². The van der Waals surface area contributed by atoms with Crippen molar-refractivity contribution >= 4 is 57.2 Å². The number of nitrogens with one attached hydrogen (secondary N) is 1. The van der Waals surface area contributed by atoms with Crippen LogP contribution in [0.5, 0.6) is 0 Å². The van der Waals surface area contributed by atoms with Gasteiger partial charge in [0.2, 0.25) is 16.2 Å². The third kappa shape index (κ3) is 5.00. The van der Waals surface area contributed by atoms with Crippen LogP contribution in [0.2, 0.25) is 0 Å². The van der Waals surface area contributed by atoms with Crippen LogP contribution in [0, 0.1) is 0 Å². The summed E-state index contributed by atoms with van der Waals surface area (Å²) in [6.07, 6.45) is 0.356. The van der Waals surface area contributed by atoms with E-state index in [4.69, 9.17) is 0 Å². The number of hydrogen-bond acceptors (Lipinski definition) is 10. The summed E-state index contributed by atoms with van der Waals surface area (Å²) in [6.45, 7) is 0. The van der Waals surface area contributed by atoms with E-state index >= 15 is 0 Å². The number of anilines is 1. The fourth-order valence-corrected chi connectivity index (χ4v) is 4.94. The van der Waals surface area contributed by atoms with Gasteiger partial charge in [-0.1, -0.05) is 40.9 Å². The molecule has 0 bridgehead atoms. The van der Waals surface area contributed by atoms with E-state index in [1.807, 2.05) is 6.07 Å². The number of carbonyl (C=O) groups excluding carboxylic acids is 1. The maximum absolute atomic E-state index is 11.9. The Morgan fingerprint density at radius 1 is 1.33 bits per heavy atom. The Morgan fingerprint density at radius 2 is 2.25 bits per heavy atom. The lowest BCUT2D eigenvalue weighted by Gasteiger charge is -2.00. The van der Waals surface area contributed by atoms with Crippen LogP contribution in [-0.2, 0) is 17.6 Å². The Kier molecular flexibility index (Phi) is 6.18. The van der Waals surface area contributed by atoms with Crippen molar-refractivity contribution in [3.63, 3.8) is 0 Å². The maximum atomic E-state index is 11.9. The van der Waals surface area contributed by atoms with E-state index in [2.05, 4.69) is 42.5 Å². The van der Waals surface area contributed by atoms with Gasteiger partial charge in [0.1, 0.15) is 0 Å². The maximum Gasteiger partial charge on any atom is 0.227 e. The lowest BCUT2D eigenvalue weighted by molar-refractivity contribution is -0.115. The van der Waals surface area contributed by atoms with Crippen molar-refractivity contribution in [1.29, 1.82) is 0 Å². The molecule has 0 fully saturated rings. The molecule has 0 aliphatic carbocycles. The number of amides is 1. The summed E-state index contributed by atoms with van der Waals surface area (Å²) < 4.78 is 2.42. The van der Waals surface area contributed by atoms with Crippen molar-refractivity contribution in [2.45, 2.75) is 21.7 Å². The fourth-order valence-electron chi connectivity index (χ4n) is 1.61. The molecular weight excluding hydrogens is 386 g/mol. The number of carbonyl (C=O) groups is 1. The van der Waals surface area contributed by atoms with Gasteiger partial charge in [-0.3, -0.25) is 4.79 Å². The van der Waals surface area contributed by atoms with E-state index in [9.17, 15) is 4.79 Å². The van der Waals surface area contributed by atoms with E-state index < -0.39 is 0 Å².